The molecule has 6 rings (SSSR count). The van der Waals surface area contributed by atoms with Gasteiger partial charge in [0.2, 0.25) is 0 Å². The Balaban J connectivity index is 1.61. The van der Waals surface area contributed by atoms with Gasteiger partial charge in [-0.2, -0.15) is 0 Å². The highest BCUT2D eigenvalue weighted by Gasteiger charge is 2.36. The average Bonchev–Trinajstić information content (AvgIpc) is 3.56. The first kappa shape index (κ1) is 31.0. The highest BCUT2D eigenvalue weighted by Crippen LogP contribution is 2.40. The molecular weight excluding hydrogens is 600 g/mol. The third-order valence-corrected chi connectivity index (χ3v) is 9.42. The molecule has 1 aliphatic rings. The van der Waals surface area contributed by atoms with Crippen LogP contribution in [-0.4, -0.2) is 52.7 Å². The van der Waals surface area contributed by atoms with E-state index < -0.39 is 6.04 Å². The van der Waals surface area contributed by atoms with Crippen LogP contribution in [0.25, 0.3) is 27.8 Å². The number of methoxy groups -OCH3 is 1. The van der Waals surface area contributed by atoms with Crippen LogP contribution in [0.15, 0.2) is 87.9 Å². The van der Waals surface area contributed by atoms with Gasteiger partial charge in [0.05, 0.1) is 29.5 Å². The van der Waals surface area contributed by atoms with Crippen LogP contribution in [0.5, 0.6) is 5.75 Å². The lowest BCUT2D eigenvalue weighted by molar-refractivity contribution is -0.143. The van der Waals surface area contributed by atoms with Crippen molar-refractivity contribution in [2.45, 2.75) is 40.3 Å². The van der Waals surface area contributed by atoms with Gasteiger partial charge in [-0.1, -0.05) is 59.9 Å². The normalized spacial score (nSPS) is 14.8. The monoisotopic (exact) mass is 636 g/mol. The Morgan fingerprint density at radius 3 is 2.43 bits per heavy atom. The number of likely N-dealkylation sites (N-methyl/N-ethyl adjacent to an activating group) is 1. The second-order valence-electron chi connectivity index (χ2n) is 11.0. The second kappa shape index (κ2) is 12.8. The van der Waals surface area contributed by atoms with Crippen molar-refractivity contribution in [2.24, 2.45) is 4.99 Å². The van der Waals surface area contributed by atoms with E-state index in [1.54, 1.807) is 23.5 Å². The Kier molecular flexibility index (Phi) is 8.64. The van der Waals surface area contributed by atoms with Crippen LogP contribution in [0, 0.1) is 0 Å². The van der Waals surface area contributed by atoms with Crippen molar-refractivity contribution < 1.29 is 19.1 Å². The van der Waals surface area contributed by atoms with E-state index in [4.69, 9.17) is 14.5 Å². The summed E-state index contributed by atoms with van der Waals surface area (Å²) in [6.07, 6.45) is 3.71. The predicted molar refractivity (Wildman–Crippen MR) is 181 cm³/mol. The number of ether oxygens (including phenoxy) is 2. The molecule has 0 bridgehead atoms. The molecule has 0 radical (unpaired) electrons. The summed E-state index contributed by atoms with van der Waals surface area (Å²) in [7, 11) is 1.60. The zero-order valence-electron chi connectivity index (χ0n) is 26.6. The van der Waals surface area contributed by atoms with Crippen LogP contribution in [-0.2, 0) is 20.9 Å². The minimum absolute atomic E-state index is 0.0559. The van der Waals surface area contributed by atoms with Crippen LogP contribution in [0.3, 0.4) is 0 Å². The predicted octanol–water partition coefficient (Wildman–Crippen LogP) is 4.78. The van der Waals surface area contributed by atoms with Gasteiger partial charge in [0.1, 0.15) is 18.3 Å². The summed E-state index contributed by atoms with van der Waals surface area (Å²) < 4.78 is 15.0. The van der Waals surface area contributed by atoms with Crippen LogP contribution in [0.1, 0.15) is 44.9 Å². The van der Waals surface area contributed by atoms with Gasteiger partial charge in [-0.25, -0.2) is 4.99 Å². The Labute approximate surface area is 270 Å². The topological polar surface area (TPSA) is 95.1 Å². The molecular formula is C36H36N4O5S. The van der Waals surface area contributed by atoms with Crippen molar-refractivity contribution in [3.63, 3.8) is 0 Å². The van der Waals surface area contributed by atoms with Crippen LogP contribution in [0.2, 0.25) is 0 Å². The lowest BCUT2D eigenvalue weighted by Crippen LogP contribution is -2.43. The lowest BCUT2D eigenvalue weighted by Gasteiger charge is -2.30. The Hall–Kier alpha value is -4.96. The SMILES string of the molecule is CCOC(=O)Cn1cc(/C=c2/sc3n(c2=O)[C@@H](c2c(OC)ccc4ccccc24)C(C(=O)N(CC)CC)=C(C)N=3)c2ccccc21. The summed E-state index contributed by atoms with van der Waals surface area (Å²) in [6, 6.07) is 18.8. The number of allylic oxidation sites excluding steroid dienone is 1. The Morgan fingerprint density at radius 2 is 1.72 bits per heavy atom. The highest BCUT2D eigenvalue weighted by atomic mass is 32.1. The number of rotatable bonds is 9. The summed E-state index contributed by atoms with van der Waals surface area (Å²) in [5.41, 5.74) is 3.14. The van der Waals surface area contributed by atoms with Crippen molar-refractivity contribution in [3.8, 4) is 5.75 Å². The molecule has 1 atom stereocenters. The average molecular weight is 637 g/mol. The number of hydrogen-bond acceptors (Lipinski definition) is 7. The van der Waals surface area contributed by atoms with Crippen molar-refractivity contribution in [1.82, 2.24) is 14.0 Å². The van der Waals surface area contributed by atoms with Gasteiger partial charge >= 0.3 is 5.97 Å². The third kappa shape index (κ3) is 5.32. The molecule has 2 aromatic heterocycles. The van der Waals surface area contributed by atoms with Crippen molar-refractivity contribution in [1.29, 1.82) is 0 Å². The maximum absolute atomic E-state index is 14.5. The molecule has 0 N–H and O–H groups in total. The van der Waals surface area contributed by atoms with Gasteiger partial charge in [-0.05, 0) is 56.7 Å². The van der Waals surface area contributed by atoms with E-state index in [9.17, 15) is 14.4 Å². The summed E-state index contributed by atoms with van der Waals surface area (Å²) in [5.74, 6) is 0.0847. The molecule has 0 aliphatic carbocycles. The summed E-state index contributed by atoms with van der Waals surface area (Å²) in [6.45, 7) is 8.89. The fourth-order valence-corrected chi connectivity index (χ4v) is 7.33. The molecule has 46 heavy (non-hydrogen) atoms. The molecule has 0 spiro atoms. The van der Waals surface area contributed by atoms with E-state index in [1.807, 2.05) is 98.3 Å². The quantitative estimate of drug-likeness (QED) is 0.217. The summed E-state index contributed by atoms with van der Waals surface area (Å²) >= 11 is 1.28. The molecule has 1 aliphatic heterocycles. The highest BCUT2D eigenvalue weighted by molar-refractivity contribution is 7.07. The number of carbonyl (C=O) groups is 2. The smallest absolute Gasteiger partial charge is 0.325 e. The second-order valence-corrected chi connectivity index (χ2v) is 12.0. The first-order chi connectivity index (χ1) is 22.3. The van der Waals surface area contributed by atoms with E-state index in [0.29, 0.717) is 46.0 Å². The van der Waals surface area contributed by atoms with Gasteiger partial charge in [-0.3, -0.25) is 19.0 Å². The maximum atomic E-state index is 14.5. The number of aromatic nitrogens is 2. The van der Waals surface area contributed by atoms with Crippen molar-refractivity contribution in [3.05, 3.63) is 109 Å². The van der Waals surface area contributed by atoms with Crippen LogP contribution >= 0.6 is 11.3 Å². The number of esters is 1. The molecule has 1 amide bonds. The number of hydrogen-bond donors (Lipinski definition) is 0. The number of benzene rings is 3. The van der Waals surface area contributed by atoms with Crippen molar-refractivity contribution in [2.75, 3.05) is 26.8 Å². The fraction of sp³-hybridized carbons (Fsp3) is 0.278. The van der Waals surface area contributed by atoms with Gasteiger partial charge in [0.15, 0.2) is 4.80 Å². The molecule has 236 valence electrons. The zero-order valence-corrected chi connectivity index (χ0v) is 27.4. The molecule has 0 unspecified atom stereocenters. The van der Waals surface area contributed by atoms with E-state index in [2.05, 4.69) is 0 Å². The fourth-order valence-electron chi connectivity index (χ4n) is 6.29. The maximum Gasteiger partial charge on any atom is 0.325 e. The van der Waals surface area contributed by atoms with E-state index in [1.165, 1.54) is 11.3 Å². The molecule has 9 nitrogen and oxygen atoms in total. The van der Waals surface area contributed by atoms with Crippen LogP contribution in [0.4, 0.5) is 0 Å². The lowest BCUT2D eigenvalue weighted by atomic mass is 9.90. The minimum atomic E-state index is -0.766. The molecule has 5 aromatic rings. The van der Waals surface area contributed by atoms with E-state index >= 15 is 0 Å². The van der Waals surface area contributed by atoms with Gasteiger partial charge in [0, 0.05) is 41.3 Å². The first-order valence-electron chi connectivity index (χ1n) is 15.4. The molecule has 10 heteroatoms. The number of fused-ring (bicyclic) bond motifs is 3. The number of para-hydroxylation sites is 1. The Morgan fingerprint density at radius 1 is 1.00 bits per heavy atom. The number of thiazole rings is 1. The Bertz CT molecular complexity index is 2200. The van der Waals surface area contributed by atoms with E-state index in [0.717, 1.165) is 32.8 Å². The first-order valence-corrected chi connectivity index (χ1v) is 16.2. The van der Waals surface area contributed by atoms with Gasteiger partial charge in [-0.15, -0.1) is 0 Å². The number of carbonyl (C=O) groups excluding carboxylic acids is 2. The third-order valence-electron chi connectivity index (χ3n) is 8.44. The number of amides is 1. The summed E-state index contributed by atoms with van der Waals surface area (Å²) in [5, 5.41) is 2.76. The summed E-state index contributed by atoms with van der Waals surface area (Å²) in [4.78, 5) is 48.2. The molecule has 0 saturated heterocycles. The zero-order chi connectivity index (χ0) is 32.5. The van der Waals surface area contributed by atoms with Crippen LogP contribution < -0.4 is 19.6 Å². The van der Waals surface area contributed by atoms with Crippen molar-refractivity contribution >= 4 is 51.0 Å². The molecule has 3 aromatic carbocycles. The molecule has 0 saturated carbocycles. The number of nitrogens with zero attached hydrogens (tertiary/aromatic N) is 4. The largest absolute Gasteiger partial charge is 0.496 e. The molecule has 3 heterocycles. The van der Waals surface area contributed by atoms with E-state index in [-0.39, 0.29) is 24.0 Å². The van der Waals surface area contributed by atoms with Gasteiger partial charge < -0.3 is 18.9 Å². The minimum Gasteiger partial charge on any atom is -0.496 e. The standard InChI is InChI=1S/C36H36N4O5S/c1-6-38(7-2)35(43)31-22(4)37-36-40(33(31)32-26-15-10-9-13-23(26)17-18-28(32)44-5)34(42)29(46-36)19-24-20-39(21-30(41)45-8-3)27-16-12-11-14-25(24)27/h9-20,33H,6-8,21H2,1-5H3/b29-19+/t33-/m1/s1. The van der Waals surface area contributed by atoms with Gasteiger partial charge in [0.25, 0.3) is 11.5 Å². The molecule has 0 fully saturated rings.